The number of para-hydroxylation sites is 1. The van der Waals surface area contributed by atoms with Gasteiger partial charge in [0.2, 0.25) is 0 Å². The van der Waals surface area contributed by atoms with Crippen LogP contribution in [-0.2, 0) is 6.54 Å². The summed E-state index contributed by atoms with van der Waals surface area (Å²) in [5, 5.41) is 4.15. The second-order valence-corrected chi connectivity index (χ2v) is 7.31. The predicted molar refractivity (Wildman–Crippen MR) is 110 cm³/mol. The molecule has 144 valence electrons. The monoisotopic (exact) mass is 375 g/mol. The lowest BCUT2D eigenvalue weighted by molar-refractivity contribution is 0.0784. The number of carbonyl (C=O) groups is 1. The van der Waals surface area contributed by atoms with Gasteiger partial charge in [-0.3, -0.25) is 4.79 Å². The summed E-state index contributed by atoms with van der Waals surface area (Å²) in [4.78, 5) is 17.4. The number of benzene rings is 2. The third-order valence-electron chi connectivity index (χ3n) is 5.32. The van der Waals surface area contributed by atoms with Crippen LogP contribution in [0.1, 0.15) is 34.5 Å². The van der Waals surface area contributed by atoms with E-state index in [4.69, 9.17) is 4.52 Å². The molecule has 3 aromatic rings. The van der Waals surface area contributed by atoms with Crippen molar-refractivity contribution in [1.82, 2.24) is 10.1 Å². The molecule has 0 saturated carbocycles. The van der Waals surface area contributed by atoms with E-state index in [0.717, 1.165) is 24.2 Å². The minimum Gasteiger partial charge on any atom is -0.371 e. The lowest BCUT2D eigenvalue weighted by atomic mass is 10.0. The van der Waals surface area contributed by atoms with Gasteiger partial charge in [-0.15, -0.1) is 0 Å². The summed E-state index contributed by atoms with van der Waals surface area (Å²) in [7, 11) is 1.84. The number of amides is 1. The first-order valence-corrected chi connectivity index (χ1v) is 9.75. The Hall–Kier alpha value is -3.08. The average molecular weight is 375 g/mol. The first-order chi connectivity index (χ1) is 13.6. The van der Waals surface area contributed by atoms with E-state index in [-0.39, 0.29) is 5.91 Å². The molecule has 0 bridgehead atoms. The highest BCUT2D eigenvalue weighted by atomic mass is 16.5. The highest BCUT2D eigenvalue weighted by Gasteiger charge is 2.25. The normalized spacial score (nSPS) is 13.7. The number of hydrogen-bond acceptors (Lipinski definition) is 4. The summed E-state index contributed by atoms with van der Waals surface area (Å²) >= 11 is 0. The molecule has 1 fully saturated rings. The van der Waals surface area contributed by atoms with Crippen LogP contribution in [-0.4, -0.2) is 36.1 Å². The summed E-state index contributed by atoms with van der Waals surface area (Å²) in [6.45, 7) is 4.50. The van der Waals surface area contributed by atoms with Crippen LogP contribution in [0.3, 0.4) is 0 Å². The quantitative estimate of drug-likeness (QED) is 0.658. The van der Waals surface area contributed by atoms with Crippen molar-refractivity contribution in [3.63, 3.8) is 0 Å². The van der Waals surface area contributed by atoms with Gasteiger partial charge < -0.3 is 14.3 Å². The molecule has 0 N–H and O–H groups in total. The molecule has 2 heterocycles. The molecule has 0 unspecified atom stereocenters. The molecule has 1 aromatic heterocycles. The van der Waals surface area contributed by atoms with Crippen molar-refractivity contribution in [3.8, 4) is 11.3 Å². The van der Waals surface area contributed by atoms with E-state index in [1.165, 1.54) is 18.5 Å². The summed E-state index contributed by atoms with van der Waals surface area (Å²) in [5.41, 5.74) is 4.41. The largest absolute Gasteiger partial charge is 0.371 e. The topological polar surface area (TPSA) is 49.6 Å². The van der Waals surface area contributed by atoms with E-state index >= 15 is 0 Å². The van der Waals surface area contributed by atoms with Crippen LogP contribution in [0.15, 0.2) is 59.1 Å². The molecule has 2 aromatic carbocycles. The molecule has 1 aliphatic rings. The first kappa shape index (κ1) is 18.3. The van der Waals surface area contributed by atoms with Gasteiger partial charge in [-0.05, 0) is 31.4 Å². The Morgan fingerprint density at radius 3 is 2.50 bits per heavy atom. The van der Waals surface area contributed by atoms with E-state index in [0.29, 0.717) is 23.6 Å². The van der Waals surface area contributed by atoms with Crippen LogP contribution in [0, 0.1) is 6.92 Å². The number of anilines is 1. The number of carbonyl (C=O) groups excluding carboxylic acids is 1. The summed E-state index contributed by atoms with van der Waals surface area (Å²) < 4.78 is 5.37. The van der Waals surface area contributed by atoms with Gasteiger partial charge in [0.25, 0.3) is 5.91 Å². The van der Waals surface area contributed by atoms with Gasteiger partial charge in [0, 0.05) is 37.9 Å². The highest BCUT2D eigenvalue weighted by molar-refractivity contribution is 6.00. The zero-order valence-electron chi connectivity index (χ0n) is 16.4. The minimum atomic E-state index is -0.0752. The first-order valence-electron chi connectivity index (χ1n) is 9.75. The molecule has 0 aliphatic carbocycles. The van der Waals surface area contributed by atoms with Crippen molar-refractivity contribution < 1.29 is 9.32 Å². The van der Waals surface area contributed by atoms with Crippen LogP contribution in [0.4, 0.5) is 5.69 Å². The SMILES string of the molecule is Cc1onc(-c2ccccc2)c1C(=O)N(C)Cc1ccccc1N1CCCC1. The van der Waals surface area contributed by atoms with E-state index in [1.54, 1.807) is 11.8 Å². The van der Waals surface area contributed by atoms with Gasteiger partial charge in [0.1, 0.15) is 17.0 Å². The smallest absolute Gasteiger partial charge is 0.259 e. The maximum Gasteiger partial charge on any atom is 0.259 e. The Balaban J connectivity index is 1.60. The van der Waals surface area contributed by atoms with E-state index in [2.05, 4.69) is 28.3 Å². The molecular formula is C23H25N3O2. The summed E-state index contributed by atoms with van der Waals surface area (Å²) in [5.74, 6) is 0.470. The minimum absolute atomic E-state index is 0.0752. The zero-order chi connectivity index (χ0) is 19.5. The number of aromatic nitrogens is 1. The van der Waals surface area contributed by atoms with Crippen molar-refractivity contribution in [3.05, 3.63) is 71.5 Å². The highest BCUT2D eigenvalue weighted by Crippen LogP contribution is 2.28. The predicted octanol–water partition coefficient (Wildman–Crippen LogP) is 4.52. The van der Waals surface area contributed by atoms with Crippen LogP contribution in [0.2, 0.25) is 0 Å². The fourth-order valence-corrected chi connectivity index (χ4v) is 3.85. The Labute approximate surface area is 165 Å². The molecule has 4 rings (SSSR count). The molecule has 28 heavy (non-hydrogen) atoms. The van der Waals surface area contributed by atoms with E-state index in [1.807, 2.05) is 43.4 Å². The van der Waals surface area contributed by atoms with Gasteiger partial charge >= 0.3 is 0 Å². The van der Waals surface area contributed by atoms with Crippen molar-refractivity contribution in [2.75, 3.05) is 25.0 Å². The van der Waals surface area contributed by atoms with Crippen LogP contribution in [0.5, 0.6) is 0 Å². The number of hydrogen-bond donors (Lipinski definition) is 0. The van der Waals surface area contributed by atoms with Crippen molar-refractivity contribution in [2.45, 2.75) is 26.3 Å². The molecule has 5 nitrogen and oxygen atoms in total. The average Bonchev–Trinajstić information content (AvgIpc) is 3.38. The number of rotatable bonds is 5. The Kier molecular flexibility index (Phi) is 5.15. The standard InChI is InChI=1S/C23H25N3O2/c1-17-21(22(24-28-17)18-10-4-3-5-11-18)23(27)25(2)16-19-12-6-7-13-20(19)26-14-8-9-15-26/h3-7,10-13H,8-9,14-16H2,1-2H3. The second kappa shape index (κ2) is 7.89. The van der Waals surface area contributed by atoms with E-state index in [9.17, 15) is 4.79 Å². The fraction of sp³-hybridized carbons (Fsp3) is 0.304. The number of aryl methyl sites for hydroxylation is 1. The molecule has 0 atom stereocenters. The third kappa shape index (κ3) is 3.52. The second-order valence-electron chi connectivity index (χ2n) is 7.31. The molecule has 1 aliphatic heterocycles. The molecule has 0 spiro atoms. The van der Waals surface area contributed by atoms with Gasteiger partial charge in [0.15, 0.2) is 0 Å². The molecule has 1 saturated heterocycles. The molecule has 1 amide bonds. The van der Waals surface area contributed by atoms with Crippen molar-refractivity contribution >= 4 is 11.6 Å². The van der Waals surface area contributed by atoms with Crippen LogP contribution in [0.25, 0.3) is 11.3 Å². The van der Waals surface area contributed by atoms with Gasteiger partial charge in [-0.25, -0.2) is 0 Å². The molecule has 0 radical (unpaired) electrons. The summed E-state index contributed by atoms with van der Waals surface area (Å²) in [6, 6.07) is 18.1. The van der Waals surface area contributed by atoms with Gasteiger partial charge in [-0.1, -0.05) is 53.7 Å². The lowest BCUT2D eigenvalue weighted by Crippen LogP contribution is -2.28. The third-order valence-corrected chi connectivity index (χ3v) is 5.32. The van der Waals surface area contributed by atoms with Crippen LogP contribution < -0.4 is 4.90 Å². The zero-order valence-corrected chi connectivity index (χ0v) is 16.4. The molecule has 5 heteroatoms. The Bertz CT molecular complexity index is 959. The van der Waals surface area contributed by atoms with Gasteiger partial charge in [-0.2, -0.15) is 0 Å². The van der Waals surface area contributed by atoms with Crippen LogP contribution >= 0.6 is 0 Å². The maximum absolute atomic E-state index is 13.3. The summed E-state index contributed by atoms with van der Waals surface area (Å²) in [6.07, 6.45) is 2.45. The lowest BCUT2D eigenvalue weighted by Gasteiger charge is -2.24. The van der Waals surface area contributed by atoms with Crippen molar-refractivity contribution in [1.29, 1.82) is 0 Å². The fourth-order valence-electron chi connectivity index (χ4n) is 3.85. The maximum atomic E-state index is 13.3. The van der Waals surface area contributed by atoms with Gasteiger partial charge in [0.05, 0.1) is 0 Å². The Morgan fingerprint density at radius 2 is 1.75 bits per heavy atom. The number of nitrogens with zero attached hydrogens (tertiary/aromatic N) is 3. The van der Waals surface area contributed by atoms with Crippen molar-refractivity contribution in [2.24, 2.45) is 0 Å². The Morgan fingerprint density at radius 1 is 1.07 bits per heavy atom. The molecular weight excluding hydrogens is 350 g/mol. The van der Waals surface area contributed by atoms with E-state index < -0.39 is 0 Å².